The maximum atomic E-state index is 13.6. The van der Waals surface area contributed by atoms with Gasteiger partial charge in [0.1, 0.15) is 0 Å². The number of nitrogens with zero attached hydrogens (tertiary/aromatic N) is 1. The van der Waals surface area contributed by atoms with E-state index in [0.29, 0.717) is 6.54 Å². The van der Waals surface area contributed by atoms with Crippen molar-refractivity contribution in [1.82, 2.24) is 4.31 Å². The van der Waals surface area contributed by atoms with Crippen molar-refractivity contribution < 1.29 is 17.5 Å². The van der Waals surface area contributed by atoms with Gasteiger partial charge in [-0.1, -0.05) is 0 Å². The van der Waals surface area contributed by atoms with Gasteiger partial charge in [-0.05, 0) is 31.0 Å². The first kappa shape index (κ1) is 14.2. The Morgan fingerprint density at radius 3 is 2.84 bits per heavy atom. The Hall–Kier alpha value is -1.18. The summed E-state index contributed by atoms with van der Waals surface area (Å²) in [7, 11) is -2.36. The molecular weight excluding hydrogens is 271 g/mol. The average molecular weight is 288 g/mol. The van der Waals surface area contributed by atoms with E-state index in [4.69, 9.17) is 10.5 Å². The zero-order valence-electron chi connectivity index (χ0n) is 10.7. The Bertz CT molecular complexity index is 562. The SMILES string of the molecule is COc1ccc(S(=O)(=O)N2CCCC2CN)cc1F. The molecule has 1 aliphatic heterocycles. The number of nitrogens with two attached hydrogens (primary N) is 1. The Morgan fingerprint density at radius 2 is 2.26 bits per heavy atom. The van der Waals surface area contributed by atoms with Gasteiger partial charge < -0.3 is 10.5 Å². The highest BCUT2D eigenvalue weighted by atomic mass is 32.2. The van der Waals surface area contributed by atoms with E-state index in [1.807, 2.05) is 0 Å². The molecule has 5 nitrogen and oxygen atoms in total. The highest BCUT2D eigenvalue weighted by Crippen LogP contribution is 2.28. The van der Waals surface area contributed by atoms with Crippen LogP contribution in [-0.4, -0.2) is 39.0 Å². The summed E-state index contributed by atoms with van der Waals surface area (Å²) in [5, 5.41) is 0. The molecule has 0 aromatic heterocycles. The molecule has 7 heteroatoms. The topological polar surface area (TPSA) is 72.6 Å². The monoisotopic (exact) mass is 288 g/mol. The summed E-state index contributed by atoms with van der Waals surface area (Å²) in [4.78, 5) is -0.0637. The molecule has 1 atom stereocenters. The highest BCUT2D eigenvalue weighted by molar-refractivity contribution is 7.89. The van der Waals surface area contributed by atoms with Crippen LogP contribution >= 0.6 is 0 Å². The van der Waals surface area contributed by atoms with Crippen molar-refractivity contribution in [3.63, 3.8) is 0 Å². The van der Waals surface area contributed by atoms with Crippen molar-refractivity contribution in [3.05, 3.63) is 24.0 Å². The number of hydrogen-bond donors (Lipinski definition) is 1. The number of rotatable bonds is 4. The number of hydrogen-bond acceptors (Lipinski definition) is 4. The van der Waals surface area contributed by atoms with Crippen LogP contribution in [0.2, 0.25) is 0 Å². The molecule has 2 rings (SSSR count). The molecule has 1 aromatic carbocycles. The smallest absolute Gasteiger partial charge is 0.243 e. The molecule has 0 bridgehead atoms. The minimum absolute atomic E-state index is 0.0238. The summed E-state index contributed by atoms with van der Waals surface area (Å²) in [6.07, 6.45) is 1.52. The van der Waals surface area contributed by atoms with Crippen molar-refractivity contribution in [2.24, 2.45) is 5.73 Å². The quantitative estimate of drug-likeness (QED) is 0.895. The van der Waals surface area contributed by atoms with Gasteiger partial charge in [-0.3, -0.25) is 0 Å². The van der Waals surface area contributed by atoms with Crippen LogP contribution in [0.3, 0.4) is 0 Å². The lowest BCUT2D eigenvalue weighted by molar-refractivity contribution is 0.382. The second-order valence-corrected chi connectivity index (χ2v) is 6.33. The number of ether oxygens (including phenoxy) is 1. The lowest BCUT2D eigenvalue weighted by atomic mass is 10.2. The van der Waals surface area contributed by atoms with E-state index in [-0.39, 0.29) is 23.2 Å². The molecular formula is C12H17FN2O3S. The van der Waals surface area contributed by atoms with Crippen molar-refractivity contribution in [2.75, 3.05) is 20.2 Å². The Morgan fingerprint density at radius 1 is 1.53 bits per heavy atom. The molecule has 1 saturated heterocycles. The van der Waals surface area contributed by atoms with E-state index in [2.05, 4.69) is 0 Å². The summed E-state index contributed by atoms with van der Waals surface area (Å²) >= 11 is 0. The first-order valence-corrected chi connectivity index (χ1v) is 7.50. The Kier molecular flexibility index (Phi) is 4.07. The highest BCUT2D eigenvalue weighted by Gasteiger charge is 2.34. The third-order valence-corrected chi connectivity index (χ3v) is 5.27. The van der Waals surface area contributed by atoms with E-state index >= 15 is 0 Å². The summed E-state index contributed by atoms with van der Waals surface area (Å²) < 4.78 is 44.6. The van der Waals surface area contributed by atoms with Crippen LogP contribution < -0.4 is 10.5 Å². The molecule has 0 amide bonds. The molecule has 0 radical (unpaired) electrons. The lowest BCUT2D eigenvalue weighted by Crippen LogP contribution is -2.39. The van der Waals surface area contributed by atoms with Gasteiger partial charge >= 0.3 is 0 Å². The van der Waals surface area contributed by atoms with E-state index < -0.39 is 15.8 Å². The third-order valence-electron chi connectivity index (χ3n) is 3.33. The molecule has 1 aliphatic rings. The van der Waals surface area contributed by atoms with Crippen molar-refractivity contribution in [3.8, 4) is 5.75 Å². The largest absolute Gasteiger partial charge is 0.494 e. The molecule has 0 aliphatic carbocycles. The molecule has 106 valence electrons. The third kappa shape index (κ3) is 2.58. The van der Waals surface area contributed by atoms with Crippen molar-refractivity contribution in [1.29, 1.82) is 0 Å². The fraction of sp³-hybridized carbons (Fsp3) is 0.500. The predicted octanol–water partition coefficient (Wildman–Crippen LogP) is 0.946. The van der Waals surface area contributed by atoms with E-state index in [9.17, 15) is 12.8 Å². The van der Waals surface area contributed by atoms with Crippen LogP contribution in [0.15, 0.2) is 23.1 Å². The van der Waals surface area contributed by atoms with Crippen molar-refractivity contribution >= 4 is 10.0 Å². The predicted molar refractivity (Wildman–Crippen MR) is 68.9 cm³/mol. The summed E-state index contributed by atoms with van der Waals surface area (Å²) in [6, 6.07) is 3.45. The van der Waals surface area contributed by atoms with Gasteiger partial charge in [0.15, 0.2) is 11.6 Å². The zero-order chi connectivity index (χ0) is 14.0. The number of sulfonamides is 1. The summed E-state index contributed by atoms with van der Waals surface area (Å²) in [6.45, 7) is 0.704. The van der Waals surface area contributed by atoms with Crippen LogP contribution in [-0.2, 0) is 10.0 Å². The Labute approximate surface area is 112 Å². The minimum Gasteiger partial charge on any atom is -0.494 e. The summed E-state index contributed by atoms with van der Waals surface area (Å²) in [5.41, 5.74) is 5.57. The van der Waals surface area contributed by atoms with E-state index in [1.165, 1.54) is 23.5 Å². The van der Waals surface area contributed by atoms with Crippen LogP contribution in [0.5, 0.6) is 5.75 Å². The molecule has 19 heavy (non-hydrogen) atoms. The maximum absolute atomic E-state index is 13.6. The maximum Gasteiger partial charge on any atom is 0.243 e. The van der Waals surface area contributed by atoms with Gasteiger partial charge in [-0.25, -0.2) is 12.8 Å². The molecule has 1 aromatic rings. The molecule has 1 fully saturated rings. The lowest BCUT2D eigenvalue weighted by Gasteiger charge is -2.22. The van der Waals surface area contributed by atoms with Crippen molar-refractivity contribution in [2.45, 2.75) is 23.8 Å². The molecule has 2 N–H and O–H groups in total. The first-order chi connectivity index (χ1) is 9.00. The van der Waals surface area contributed by atoms with E-state index in [1.54, 1.807) is 0 Å². The van der Waals surface area contributed by atoms with Crippen LogP contribution in [0.25, 0.3) is 0 Å². The second kappa shape index (κ2) is 5.44. The normalized spacial score (nSPS) is 20.7. The summed E-state index contributed by atoms with van der Waals surface area (Å²) in [5.74, 6) is -0.664. The van der Waals surface area contributed by atoms with Crippen LogP contribution in [0.4, 0.5) is 4.39 Å². The number of benzene rings is 1. The van der Waals surface area contributed by atoms with E-state index in [0.717, 1.165) is 18.9 Å². The fourth-order valence-electron chi connectivity index (χ4n) is 2.30. The molecule has 1 unspecified atom stereocenters. The number of methoxy groups -OCH3 is 1. The van der Waals surface area contributed by atoms with Gasteiger partial charge in [0, 0.05) is 19.1 Å². The minimum atomic E-state index is -3.69. The standard InChI is InChI=1S/C12H17FN2O3S/c1-18-12-5-4-10(7-11(12)13)19(16,17)15-6-2-3-9(15)8-14/h4-5,7,9H,2-3,6,8,14H2,1H3. The molecule has 0 saturated carbocycles. The van der Waals surface area contributed by atoms with Gasteiger partial charge in [-0.2, -0.15) is 4.31 Å². The average Bonchev–Trinajstić information content (AvgIpc) is 2.87. The number of halogens is 1. The van der Waals surface area contributed by atoms with Gasteiger partial charge in [0.25, 0.3) is 0 Å². The fourth-order valence-corrected chi connectivity index (χ4v) is 4.02. The van der Waals surface area contributed by atoms with Gasteiger partial charge in [-0.15, -0.1) is 0 Å². The Balaban J connectivity index is 2.37. The zero-order valence-corrected chi connectivity index (χ0v) is 11.5. The first-order valence-electron chi connectivity index (χ1n) is 6.06. The molecule has 0 spiro atoms. The van der Waals surface area contributed by atoms with Crippen LogP contribution in [0.1, 0.15) is 12.8 Å². The second-order valence-electron chi connectivity index (χ2n) is 4.44. The van der Waals surface area contributed by atoms with Gasteiger partial charge in [0.05, 0.1) is 12.0 Å². The van der Waals surface area contributed by atoms with Gasteiger partial charge in [0.2, 0.25) is 10.0 Å². The van der Waals surface area contributed by atoms with Crippen LogP contribution in [0, 0.1) is 5.82 Å². The molecule has 1 heterocycles.